The maximum Gasteiger partial charge on any atom is 0.259 e. The highest BCUT2D eigenvalue weighted by Crippen LogP contribution is 2.33. The molecule has 1 aromatic rings. The Balaban J connectivity index is 2.42. The van der Waals surface area contributed by atoms with Crippen molar-refractivity contribution in [3.05, 3.63) is 35.6 Å². The lowest BCUT2D eigenvalue weighted by Crippen LogP contribution is -2.47. The molecule has 20 heavy (non-hydrogen) atoms. The molecule has 1 unspecified atom stereocenters. The molecule has 1 aromatic carbocycles. The van der Waals surface area contributed by atoms with Crippen molar-refractivity contribution in [3.63, 3.8) is 0 Å². The van der Waals surface area contributed by atoms with Crippen LogP contribution in [0.25, 0.3) is 0 Å². The van der Waals surface area contributed by atoms with Crippen molar-refractivity contribution in [1.82, 2.24) is 10.6 Å². The summed E-state index contributed by atoms with van der Waals surface area (Å²) in [6.45, 7) is 7.81. The Kier molecular flexibility index (Phi) is 3.54. The third-order valence-corrected chi connectivity index (χ3v) is 3.22. The van der Waals surface area contributed by atoms with Crippen LogP contribution in [-0.4, -0.2) is 17.4 Å². The predicted molar refractivity (Wildman–Crippen MR) is 76.8 cm³/mol. The Morgan fingerprint density at radius 3 is 2.65 bits per heavy atom. The fourth-order valence-corrected chi connectivity index (χ4v) is 2.28. The topological polar surface area (TPSA) is 53.5 Å². The largest absolute Gasteiger partial charge is 0.351 e. The maximum absolute atomic E-state index is 13.4. The molecule has 1 heterocycles. The van der Waals surface area contributed by atoms with E-state index in [0.29, 0.717) is 17.9 Å². The van der Waals surface area contributed by atoms with Gasteiger partial charge in [-0.25, -0.2) is 9.38 Å². The molecular weight excluding hydrogens is 257 g/mol. The number of nitrogens with one attached hydrogen (secondary N) is 2. The molecule has 0 aliphatic carbocycles. The number of carbonyl (C=O) groups excluding carboxylic acids is 1. The van der Waals surface area contributed by atoms with Crippen LogP contribution in [0.5, 0.6) is 0 Å². The minimum absolute atomic E-state index is 0.210. The number of rotatable bonds is 2. The first-order valence-electron chi connectivity index (χ1n) is 6.72. The number of guanidine groups is 1. The van der Waals surface area contributed by atoms with Crippen LogP contribution in [0.3, 0.4) is 0 Å². The van der Waals surface area contributed by atoms with Crippen molar-refractivity contribution in [3.8, 4) is 0 Å². The second kappa shape index (κ2) is 4.89. The first-order valence-corrected chi connectivity index (χ1v) is 6.72. The molecule has 0 spiro atoms. The van der Waals surface area contributed by atoms with Crippen molar-refractivity contribution in [2.75, 3.05) is 0 Å². The highest BCUT2D eigenvalue weighted by Gasteiger charge is 2.44. The summed E-state index contributed by atoms with van der Waals surface area (Å²) in [4.78, 5) is 16.8. The molecule has 108 valence electrons. The summed E-state index contributed by atoms with van der Waals surface area (Å²) in [6.07, 6.45) is 0.470. The smallest absolute Gasteiger partial charge is 0.259 e. The standard InChI is InChI=1S/C15H20FN3O/c1-5-15(10-7-6-8-11(16)9-10)12(20)17-13(19-15)18-14(2,3)4/h6-9H,5H2,1-4H3,(H2,17,18,19,20). The third-order valence-electron chi connectivity index (χ3n) is 3.22. The van der Waals surface area contributed by atoms with E-state index in [1.165, 1.54) is 12.1 Å². The van der Waals surface area contributed by atoms with Crippen LogP contribution in [0, 0.1) is 5.82 Å². The van der Waals surface area contributed by atoms with Gasteiger partial charge in [0.05, 0.1) is 0 Å². The lowest BCUT2D eigenvalue weighted by atomic mass is 9.87. The summed E-state index contributed by atoms with van der Waals surface area (Å²) in [6, 6.07) is 6.06. The van der Waals surface area contributed by atoms with Gasteiger partial charge in [0.1, 0.15) is 5.82 Å². The van der Waals surface area contributed by atoms with Crippen LogP contribution < -0.4 is 10.6 Å². The Bertz CT molecular complexity index is 562. The van der Waals surface area contributed by atoms with E-state index in [4.69, 9.17) is 0 Å². The molecule has 2 N–H and O–H groups in total. The number of carbonyl (C=O) groups is 1. The lowest BCUT2D eigenvalue weighted by molar-refractivity contribution is -0.124. The van der Waals surface area contributed by atoms with Gasteiger partial charge in [-0.1, -0.05) is 19.1 Å². The fourth-order valence-electron chi connectivity index (χ4n) is 2.28. The minimum Gasteiger partial charge on any atom is -0.351 e. The van der Waals surface area contributed by atoms with Crippen molar-refractivity contribution < 1.29 is 9.18 Å². The van der Waals surface area contributed by atoms with Gasteiger partial charge in [0.15, 0.2) is 11.5 Å². The average Bonchev–Trinajstić information content (AvgIpc) is 2.64. The van der Waals surface area contributed by atoms with Crippen LogP contribution in [0.4, 0.5) is 4.39 Å². The minimum atomic E-state index is -1.05. The summed E-state index contributed by atoms with van der Waals surface area (Å²) in [7, 11) is 0. The van der Waals surface area contributed by atoms with E-state index in [2.05, 4.69) is 15.6 Å². The number of hydrogen-bond acceptors (Lipinski definition) is 3. The van der Waals surface area contributed by atoms with Crippen LogP contribution in [0.15, 0.2) is 29.3 Å². The van der Waals surface area contributed by atoms with Gasteiger partial charge in [0.2, 0.25) is 0 Å². The molecule has 1 amide bonds. The zero-order valence-electron chi connectivity index (χ0n) is 12.2. The van der Waals surface area contributed by atoms with E-state index >= 15 is 0 Å². The molecule has 0 saturated carbocycles. The normalized spacial score (nSPS) is 22.4. The summed E-state index contributed by atoms with van der Waals surface area (Å²) in [5.74, 6) is -0.151. The van der Waals surface area contributed by atoms with Gasteiger partial charge >= 0.3 is 0 Å². The van der Waals surface area contributed by atoms with Crippen LogP contribution in [0.2, 0.25) is 0 Å². The fraction of sp³-hybridized carbons (Fsp3) is 0.467. The molecule has 0 bridgehead atoms. The second-order valence-electron chi connectivity index (χ2n) is 6.01. The van der Waals surface area contributed by atoms with Crippen molar-refractivity contribution in [2.24, 2.45) is 4.99 Å². The van der Waals surface area contributed by atoms with Gasteiger partial charge < -0.3 is 5.32 Å². The van der Waals surface area contributed by atoms with Crippen LogP contribution in [-0.2, 0) is 10.3 Å². The number of aliphatic imine (C=N–C) groups is 1. The number of benzene rings is 1. The molecule has 1 atom stereocenters. The first kappa shape index (κ1) is 14.5. The third kappa shape index (κ3) is 2.66. The van der Waals surface area contributed by atoms with Gasteiger partial charge in [-0.05, 0) is 44.9 Å². The highest BCUT2D eigenvalue weighted by atomic mass is 19.1. The lowest BCUT2D eigenvalue weighted by Gasteiger charge is -2.22. The Hall–Kier alpha value is -1.91. The Morgan fingerprint density at radius 2 is 2.10 bits per heavy atom. The number of halogens is 1. The summed E-state index contributed by atoms with van der Waals surface area (Å²) >= 11 is 0. The molecular formula is C15H20FN3O. The first-order chi connectivity index (χ1) is 9.27. The maximum atomic E-state index is 13.4. The van der Waals surface area contributed by atoms with E-state index in [1.54, 1.807) is 12.1 Å². The molecule has 2 rings (SSSR count). The van der Waals surface area contributed by atoms with E-state index in [9.17, 15) is 9.18 Å². The SMILES string of the molecule is CCC1(c2cccc(F)c2)N=C(NC(C)(C)C)NC1=O. The van der Waals surface area contributed by atoms with Gasteiger partial charge in [0, 0.05) is 5.54 Å². The van der Waals surface area contributed by atoms with Crippen molar-refractivity contribution in [2.45, 2.75) is 45.2 Å². The van der Waals surface area contributed by atoms with Gasteiger partial charge in [-0.2, -0.15) is 0 Å². The van der Waals surface area contributed by atoms with Gasteiger partial charge in [0.25, 0.3) is 5.91 Å². The molecule has 1 aliphatic rings. The number of nitrogens with zero attached hydrogens (tertiary/aromatic N) is 1. The molecule has 0 fully saturated rings. The summed E-state index contributed by atoms with van der Waals surface area (Å²) in [5, 5.41) is 5.89. The Labute approximate surface area is 118 Å². The highest BCUT2D eigenvalue weighted by molar-refractivity contribution is 6.07. The van der Waals surface area contributed by atoms with Crippen LogP contribution >= 0.6 is 0 Å². The molecule has 0 aromatic heterocycles. The Morgan fingerprint density at radius 1 is 1.40 bits per heavy atom. The molecule has 5 heteroatoms. The van der Waals surface area contributed by atoms with Gasteiger partial charge in [-0.15, -0.1) is 0 Å². The number of amides is 1. The predicted octanol–water partition coefficient (Wildman–Crippen LogP) is 2.30. The molecule has 0 radical (unpaired) electrons. The van der Waals surface area contributed by atoms with Gasteiger partial charge in [-0.3, -0.25) is 10.1 Å². The summed E-state index contributed by atoms with van der Waals surface area (Å²) < 4.78 is 13.4. The van der Waals surface area contributed by atoms with E-state index < -0.39 is 5.54 Å². The zero-order chi connectivity index (χ0) is 15.0. The average molecular weight is 277 g/mol. The van der Waals surface area contributed by atoms with Crippen molar-refractivity contribution >= 4 is 11.9 Å². The van der Waals surface area contributed by atoms with Crippen molar-refractivity contribution in [1.29, 1.82) is 0 Å². The summed E-state index contributed by atoms with van der Waals surface area (Å²) in [5.41, 5.74) is -0.684. The van der Waals surface area contributed by atoms with E-state index in [-0.39, 0.29) is 17.3 Å². The zero-order valence-corrected chi connectivity index (χ0v) is 12.2. The van der Waals surface area contributed by atoms with Crippen LogP contribution in [0.1, 0.15) is 39.7 Å². The van der Waals surface area contributed by atoms with E-state index in [0.717, 1.165) is 0 Å². The quantitative estimate of drug-likeness (QED) is 0.871. The second-order valence-corrected chi connectivity index (χ2v) is 6.01. The number of hydrogen-bond donors (Lipinski definition) is 2. The molecule has 4 nitrogen and oxygen atoms in total. The molecule has 1 aliphatic heterocycles. The van der Waals surface area contributed by atoms with E-state index in [1.807, 2.05) is 27.7 Å². The molecule has 0 saturated heterocycles. The monoisotopic (exact) mass is 277 g/mol.